The normalized spacial score (nSPS) is 15.4. The van der Waals surface area contributed by atoms with Crippen LogP contribution in [0.1, 0.15) is 30.5 Å². The van der Waals surface area contributed by atoms with E-state index in [1.807, 2.05) is 0 Å². The predicted octanol–water partition coefficient (Wildman–Crippen LogP) is 2.30. The lowest BCUT2D eigenvalue weighted by molar-refractivity contribution is -0.130. The number of aromatic amines is 1. The largest absolute Gasteiger partial charge is 0.504 e. The third-order valence-corrected chi connectivity index (χ3v) is 5.53. The molecule has 0 fully saturated rings. The zero-order chi connectivity index (χ0) is 23.9. The molecule has 11 heteroatoms. The van der Waals surface area contributed by atoms with Gasteiger partial charge >= 0.3 is 5.69 Å². The number of nitrogens with one attached hydrogen (secondary N) is 1. The molecule has 0 aliphatic carbocycles. The van der Waals surface area contributed by atoms with Crippen molar-refractivity contribution < 1.29 is 19.7 Å². The number of carbonyl (C=O) groups excluding carboxylic acids is 1. The van der Waals surface area contributed by atoms with E-state index in [2.05, 4.69) is 10.1 Å². The van der Waals surface area contributed by atoms with E-state index < -0.39 is 29.1 Å². The minimum Gasteiger partial charge on any atom is -0.504 e. The van der Waals surface area contributed by atoms with Crippen LogP contribution in [0.15, 0.2) is 57.2 Å². The number of amides is 1. The van der Waals surface area contributed by atoms with Gasteiger partial charge in [-0.05, 0) is 42.0 Å². The second-order valence-electron chi connectivity index (χ2n) is 7.33. The first-order valence-electron chi connectivity index (χ1n) is 9.80. The fourth-order valence-corrected chi connectivity index (χ4v) is 3.85. The maximum atomic E-state index is 12.7. The Bertz CT molecular complexity index is 1390. The van der Waals surface area contributed by atoms with Crippen LogP contribution in [0, 0.1) is 0 Å². The van der Waals surface area contributed by atoms with Crippen LogP contribution in [-0.2, 0) is 4.79 Å². The number of phenolic OH excluding ortho intramolecular Hbond substituents is 1. The number of carbonyl (C=O) groups is 1. The number of nitrogens with zero attached hydrogens (tertiary/aromatic N) is 3. The topological polar surface area (TPSA) is 137 Å². The minimum absolute atomic E-state index is 0.0705. The van der Waals surface area contributed by atoms with E-state index in [1.54, 1.807) is 12.1 Å². The quantitative estimate of drug-likeness (QED) is 0.535. The summed E-state index contributed by atoms with van der Waals surface area (Å²) in [5, 5.41) is 26.7. The lowest BCUT2D eigenvalue weighted by Gasteiger charge is -2.21. The predicted molar refractivity (Wildman–Crippen MR) is 120 cm³/mol. The Kier molecular flexibility index (Phi) is 5.69. The smallest absolute Gasteiger partial charge is 0.335 e. The van der Waals surface area contributed by atoms with Crippen LogP contribution >= 0.6 is 11.6 Å². The number of aromatic hydroxyl groups is 2. The van der Waals surface area contributed by atoms with Gasteiger partial charge in [0.05, 0.1) is 24.6 Å². The SMILES string of the molecule is COc1cc([C@H]2CC(c3c(O)n(-c4ccc(Cl)cc4)c(=O)[nH]c3=O)=NN2C(C)=O)ccc1O. The van der Waals surface area contributed by atoms with E-state index in [0.29, 0.717) is 10.6 Å². The second-order valence-corrected chi connectivity index (χ2v) is 7.77. The van der Waals surface area contributed by atoms with Crippen molar-refractivity contribution in [1.82, 2.24) is 14.6 Å². The summed E-state index contributed by atoms with van der Waals surface area (Å²) in [4.78, 5) is 39.6. The Balaban J connectivity index is 1.82. The van der Waals surface area contributed by atoms with Crippen LogP contribution in [0.4, 0.5) is 0 Å². The first kappa shape index (κ1) is 22.2. The van der Waals surface area contributed by atoms with Gasteiger partial charge in [-0.3, -0.25) is 14.6 Å². The molecule has 0 saturated heterocycles. The molecule has 2 heterocycles. The van der Waals surface area contributed by atoms with Gasteiger partial charge in [-0.15, -0.1) is 0 Å². The summed E-state index contributed by atoms with van der Waals surface area (Å²) in [6, 6.07) is 10.1. The fraction of sp³-hybridized carbons (Fsp3) is 0.182. The first-order valence-corrected chi connectivity index (χ1v) is 10.2. The van der Waals surface area contributed by atoms with Gasteiger partial charge in [-0.1, -0.05) is 17.7 Å². The number of hydrazone groups is 1. The summed E-state index contributed by atoms with van der Waals surface area (Å²) >= 11 is 5.90. The number of rotatable bonds is 4. The maximum Gasteiger partial charge on any atom is 0.335 e. The molecule has 4 rings (SSSR count). The van der Waals surface area contributed by atoms with Crippen molar-refractivity contribution in [2.45, 2.75) is 19.4 Å². The molecule has 1 amide bonds. The molecule has 3 N–H and O–H groups in total. The van der Waals surface area contributed by atoms with Gasteiger partial charge in [0.2, 0.25) is 11.8 Å². The molecule has 0 radical (unpaired) electrons. The Morgan fingerprint density at radius 3 is 2.52 bits per heavy atom. The number of phenols is 1. The molecular weight excluding hydrogens is 452 g/mol. The van der Waals surface area contributed by atoms with Gasteiger partial charge in [0.1, 0.15) is 5.56 Å². The highest BCUT2D eigenvalue weighted by Crippen LogP contribution is 2.37. The van der Waals surface area contributed by atoms with Crippen molar-refractivity contribution in [1.29, 1.82) is 0 Å². The van der Waals surface area contributed by atoms with E-state index in [0.717, 1.165) is 4.57 Å². The molecule has 0 bridgehead atoms. The van der Waals surface area contributed by atoms with Gasteiger partial charge in [-0.25, -0.2) is 14.4 Å². The molecule has 170 valence electrons. The molecular formula is C22H19ClN4O6. The summed E-state index contributed by atoms with van der Waals surface area (Å²) in [5.74, 6) is -0.874. The fourth-order valence-electron chi connectivity index (χ4n) is 3.73. The molecule has 3 aromatic rings. The van der Waals surface area contributed by atoms with Gasteiger partial charge in [0.15, 0.2) is 11.5 Å². The summed E-state index contributed by atoms with van der Waals surface area (Å²) < 4.78 is 6.06. The first-order chi connectivity index (χ1) is 15.7. The van der Waals surface area contributed by atoms with Gasteiger partial charge < -0.3 is 14.9 Å². The minimum atomic E-state index is -0.842. The summed E-state index contributed by atoms with van der Waals surface area (Å²) in [6.07, 6.45) is 0.0724. The highest BCUT2D eigenvalue weighted by atomic mass is 35.5. The van der Waals surface area contributed by atoms with Crippen molar-refractivity contribution in [3.05, 3.63) is 79.5 Å². The van der Waals surface area contributed by atoms with Crippen LogP contribution in [0.3, 0.4) is 0 Å². The average molecular weight is 471 g/mol. The van der Waals surface area contributed by atoms with Crippen LogP contribution in [0.5, 0.6) is 17.4 Å². The molecule has 0 unspecified atom stereocenters. The zero-order valence-corrected chi connectivity index (χ0v) is 18.3. The van der Waals surface area contributed by atoms with Crippen molar-refractivity contribution in [2.24, 2.45) is 5.10 Å². The van der Waals surface area contributed by atoms with E-state index in [9.17, 15) is 24.6 Å². The van der Waals surface area contributed by atoms with Gasteiger partial charge in [0, 0.05) is 18.4 Å². The maximum absolute atomic E-state index is 12.7. The number of hydrogen-bond donors (Lipinski definition) is 3. The molecule has 0 spiro atoms. The molecule has 1 atom stereocenters. The molecule has 1 aromatic heterocycles. The summed E-state index contributed by atoms with van der Waals surface area (Å²) in [7, 11) is 1.40. The van der Waals surface area contributed by atoms with Crippen molar-refractivity contribution in [2.75, 3.05) is 7.11 Å². The number of hydrogen-bond acceptors (Lipinski definition) is 7. The monoisotopic (exact) mass is 470 g/mol. The molecule has 1 aliphatic rings. The van der Waals surface area contributed by atoms with E-state index in [1.165, 1.54) is 49.4 Å². The van der Waals surface area contributed by atoms with Crippen LogP contribution in [-0.4, -0.2) is 43.5 Å². The second kappa shape index (κ2) is 8.47. The van der Waals surface area contributed by atoms with Gasteiger partial charge in [0.25, 0.3) is 5.56 Å². The highest BCUT2D eigenvalue weighted by Gasteiger charge is 2.35. The van der Waals surface area contributed by atoms with E-state index >= 15 is 0 Å². The van der Waals surface area contributed by atoms with Crippen LogP contribution in [0.2, 0.25) is 5.02 Å². The number of aromatic nitrogens is 2. The van der Waals surface area contributed by atoms with Crippen molar-refractivity contribution in [3.63, 3.8) is 0 Å². The molecule has 0 saturated carbocycles. The number of H-pyrrole nitrogens is 1. The Morgan fingerprint density at radius 2 is 1.88 bits per heavy atom. The third-order valence-electron chi connectivity index (χ3n) is 5.28. The Morgan fingerprint density at radius 1 is 1.18 bits per heavy atom. The van der Waals surface area contributed by atoms with Crippen molar-refractivity contribution in [3.8, 4) is 23.1 Å². The van der Waals surface area contributed by atoms with Gasteiger partial charge in [-0.2, -0.15) is 5.10 Å². The van der Waals surface area contributed by atoms with Crippen LogP contribution < -0.4 is 16.0 Å². The Hall–Kier alpha value is -4.05. The molecule has 10 nitrogen and oxygen atoms in total. The number of benzene rings is 2. The standard InChI is InChI=1S/C22H19ClN4O6/c1-11(28)27-16(12-3-8-17(29)18(9-12)33-2)10-15(25-27)19-20(30)24-22(32)26(21(19)31)14-6-4-13(23)5-7-14/h3-9,16,29,31H,10H2,1-2H3,(H,24,30,32)/t16-/m1/s1. The number of methoxy groups -OCH3 is 1. The lowest BCUT2D eigenvalue weighted by Crippen LogP contribution is -2.33. The highest BCUT2D eigenvalue weighted by molar-refractivity contribution is 6.30. The number of halogens is 1. The van der Waals surface area contributed by atoms with Crippen molar-refractivity contribution >= 4 is 23.2 Å². The number of ether oxygens (including phenoxy) is 1. The molecule has 2 aromatic carbocycles. The third kappa shape index (κ3) is 3.96. The average Bonchev–Trinajstić information content (AvgIpc) is 3.20. The summed E-state index contributed by atoms with van der Waals surface area (Å²) in [5.41, 5.74) is -0.922. The zero-order valence-electron chi connectivity index (χ0n) is 17.6. The Labute approximate surface area is 191 Å². The molecule has 33 heavy (non-hydrogen) atoms. The molecule has 1 aliphatic heterocycles. The van der Waals surface area contributed by atoms with E-state index in [-0.39, 0.29) is 34.9 Å². The summed E-state index contributed by atoms with van der Waals surface area (Å²) in [6.45, 7) is 1.32. The van der Waals surface area contributed by atoms with Crippen LogP contribution in [0.25, 0.3) is 5.69 Å². The van der Waals surface area contributed by atoms with E-state index in [4.69, 9.17) is 16.3 Å². The lowest BCUT2D eigenvalue weighted by atomic mass is 9.98.